The summed E-state index contributed by atoms with van der Waals surface area (Å²) in [6.07, 6.45) is 9.58. The summed E-state index contributed by atoms with van der Waals surface area (Å²) in [6.45, 7) is 1.65. The second kappa shape index (κ2) is 4.91. The molecule has 0 aromatic heterocycles. The van der Waals surface area contributed by atoms with Gasteiger partial charge in [0.05, 0.1) is 5.75 Å². The summed E-state index contributed by atoms with van der Waals surface area (Å²) >= 11 is 2.00. The number of nitrogens with zero attached hydrogens (tertiary/aromatic N) is 1. The van der Waals surface area contributed by atoms with Crippen molar-refractivity contribution >= 4 is 17.7 Å². The molecule has 5 fully saturated rings. The number of likely N-dealkylation sites (tertiary alicyclic amines) is 1. The molecular formula is C16H26N2OS. The number of amides is 1. The van der Waals surface area contributed by atoms with E-state index in [0.29, 0.717) is 16.4 Å². The number of thioether (sulfide) groups is 1. The monoisotopic (exact) mass is 294 g/mol. The first-order valence-electron chi connectivity index (χ1n) is 8.29. The Labute approximate surface area is 126 Å². The van der Waals surface area contributed by atoms with Crippen molar-refractivity contribution < 1.29 is 4.79 Å². The van der Waals surface area contributed by atoms with Crippen LogP contribution in [0.2, 0.25) is 0 Å². The van der Waals surface area contributed by atoms with E-state index in [1.807, 2.05) is 16.7 Å². The molecule has 0 aromatic carbocycles. The van der Waals surface area contributed by atoms with Crippen LogP contribution >= 0.6 is 11.8 Å². The summed E-state index contributed by atoms with van der Waals surface area (Å²) in [5, 5.41) is 0. The molecule has 1 atom stereocenters. The zero-order valence-corrected chi connectivity index (χ0v) is 13.0. The number of hydrogen-bond acceptors (Lipinski definition) is 3. The molecular weight excluding hydrogens is 268 g/mol. The highest BCUT2D eigenvalue weighted by molar-refractivity contribution is 8.01. The topological polar surface area (TPSA) is 46.3 Å². The molecule has 4 aliphatic carbocycles. The van der Waals surface area contributed by atoms with Crippen LogP contribution in [-0.2, 0) is 4.79 Å². The van der Waals surface area contributed by atoms with E-state index in [1.165, 1.54) is 38.5 Å². The van der Waals surface area contributed by atoms with Crippen LogP contribution in [0, 0.1) is 17.8 Å². The van der Waals surface area contributed by atoms with Gasteiger partial charge in [-0.1, -0.05) is 0 Å². The van der Waals surface area contributed by atoms with Crippen molar-refractivity contribution in [2.45, 2.75) is 55.7 Å². The Kier molecular flexibility index (Phi) is 3.30. The summed E-state index contributed by atoms with van der Waals surface area (Å²) in [5.74, 6) is 3.95. The predicted molar refractivity (Wildman–Crippen MR) is 82.5 cm³/mol. The normalized spacial score (nSPS) is 46.1. The lowest BCUT2D eigenvalue weighted by molar-refractivity contribution is -0.127. The minimum Gasteiger partial charge on any atom is -0.340 e. The van der Waals surface area contributed by atoms with Crippen LogP contribution in [0.5, 0.6) is 0 Å². The minimum absolute atomic E-state index is 0.212. The second-order valence-corrected chi connectivity index (χ2v) is 9.22. The summed E-state index contributed by atoms with van der Waals surface area (Å²) < 4.78 is 0.465. The van der Waals surface area contributed by atoms with Crippen molar-refractivity contribution in [3.05, 3.63) is 0 Å². The second-order valence-electron chi connectivity index (χ2n) is 7.78. The predicted octanol–water partition coefficient (Wildman–Crippen LogP) is 2.25. The number of carbonyl (C=O) groups is 1. The maximum absolute atomic E-state index is 12.3. The third-order valence-electron chi connectivity index (χ3n) is 6.06. The van der Waals surface area contributed by atoms with Crippen LogP contribution in [0.1, 0.15) is 44.9 Å². The molecule has 1 heterocycles. The quantitative estimate of drug-likeness (QED) is 0.868. The summed E-state index contributed by atoms with van der Waals surface area (Å²) in [5.41, 5.74) is 5.90. The molecule has 0 spiro atoms. The lowest BCUT2D eigenvalue weighted by Gasteiger charge is -2.56. The van der Waals surface area contributed by atoms with Crippen molar-refractivity contribution in [3.8, 4) is 0 Å². The number of rotatable bonds is 3. The van der Waals surface area contributed by atoms with Gasteiger partial charge < -0.3 is 10.6 Å². The Morgan fingerprint density at radius 2 is 1.75 bits per heavy atom. The molecule has 4 bridgehead atoms. The molecule has 5 rings (SSSR count). The third-order valence-corrected chi connectivity index (χ3v) is 7.56. The van der Waals surface area contributed by atoms with Crippen LogP contribution < -0.4 is 5.73 Å². The van der Waals surface area contributed by atoms with Crippen molar-refractivity contribution in [1.29, 1.82) is 0 Å². The fourth-order valence-electron chi connectivity index (χ4n) is 5.53. The average molecular weight is 294 g/mol. The zero-order chi connectivity index (χ0) is 13.7. The molecule has 4 saturated carbocycles. The molecule has 1 saturated heterocycles. The molecule has 0 aromatic rings. The molecule has 5 aliphatic rings. The van der Waals surface area contributed by atoms with Crippen LogP contribution in [0.25, 0.3) is 0 Å². The Morgan fingerprint density at radius 3 is 2.25 bits per heavy atom. The van der Waals surface area contributed by atoms with E-state index in [1.54, 1.807) is 0 Å². The van der Waals surface area contributed by atoms with Gasteiger partial charge in [-0.2, -0.15) is 0 Å². The lowest BCUT2D eigenvalue weighted by Crippen LogP contribution is -2.49. The van der Waals surface area contributed by atoms with Gasteiger partial charge >= 0.3 is 0 Å². The third kappa shape index (κ3) is 2.39. The maximum atomic E-state index is 12.3. The van der Waals surface area contributed by atoms with Gasteiger partial charge in [0.2, 0.25) is 5.91 Å². The number of nitrogens with two attached hydrogens (primary N) is 1. The van der Waals surface area contributed by atoms with E-state index in [9.17, 15) is 4.79 Å². The van der Waals surface area contributed by atoms with Crippen LogP contribution in [0.15, 0.2) is 0 Å². The van der Waals surface area contributed by atoms with E-state index in [-0.39, 0.29) is 6.04 Å². The highest BCUT2D eigenvalue weighted by Crippen LogP contribution is 2.60. The summed E-state index contributed by atoms with van der Waals surface area (Å²) in [6, 6.07) is 0.212. The highest BCUT2D eigenvalue weighted by atomic mass is 32.2. The largest absolute Gasteiger partial charge is 0.340 e. The summed E-state index contributed by atoms with van der Waals surface area (Å²) in [7, 11) is 0. The number of carbonyl (C=O) groups excluding carboxylic acids is 1. The van der Waals surface area contributed by atoms with Crippen LogP contribution in [0.3, 0.4) is 0 Å². The van der Waals surface area contributed by atoms with Gasteiger partial charge in [0.25, 0.3) is 0 Å². The summed E-state index contributed by atoms with van der Waals surface area (Å²) in [4.78, 5) is 14.3. The van der Waals surface area contributed by atoms with E-state index in [4.69, 9.17) is 5.73 Å². The zero-order valence-electron chi connectivity index (χ0n) is 12.2. The first-order chi connectivity index (χ1) is 9.62. The number of hydrogen-bond donors (Lipinski definition) is 1. The van der Waals surface area contributed by atoms with Crippen LogP contribution in [0.4, 0.5) is 0 Å². The van der Waals surface area contributed by atoms with Gasteiger partial charge in [0, 0.05) is 23.9 Å². The first-order valence-corrected chi connectivity index (χ1v) is 9.28. The minimum atomic E-state index is 0.212. The Balaban J connectivity index is 1.36. The molecule has 112 valence electrons. The lowest BCUT2D eigenvalue weighted by atomic mass is 9.56. The Morgan fingerprint density at radius 1 is 1.15 bits per heavy atom. The maximum Gasteiger partial charge on any atom is 0.232 e. The molecule has 0 radical (unpaired) electrons. The van der Waals surface area contributed by atoms with Gasteiger partial charge in [-0.15, -0.1) is 11.8 Å². The van der Waals surface area contributed by atoms with E-state index >= 15 is 0 Å². The molecule has 20 heavy (non-hydrogen) atoms. The fourth-order valence-corrected chi connectivity index (χ4v) is 7.20. The van der Waals surface area contributed by atoms with Crippen molar-refractivity contribution in [2.75, 3.05) is 18.8 Å². The van der Waals surface area contributed by atoms with E-state index in [2.05, 4.69) is 0 Å². The highest BCUT2D eigenvalue weighted by Gasteiger charge is 2.51. The first kappa shape index (κ1) is 13.4. The fraction of sp³-hybridized carbons (Fsp3) is 0.938. The molecule has 0 unspecified atom stereocenters. The average Bonchev–Trinajstić information content (AvgIpc) is 2.81. The van der Waals surface area contributed by atoms with Crippen molar-refractivity contribution in [3.63, 3.8) is 0 Å². The van der Waals surface area contributed by atoms with E-state index < -0.39 is 0 Å². The smallest absolute Gasteiger partial charge is 0.232 e. The van der Waals surface area contributed by atoms with Gasteiger partial charge in [-0.05, 0) is 62.7 Å². The van der Waals surface area contributed by atoms with Gasteiger partial charge in [0.15, 0.2) is 0 Å². The Hall–Kier alpha value is -0.220. The van der Waals surface area contributed by atoms with Crippen molar-refractivity contribution in [1.82, 2.24) is 4.90 Å². The van der Waals surface area contributed by atoms with E-state index in [0.717, 1.165) is 37.3 Å². The molecule has 4 heteroatoms. The standard InChI is InChI=1S/C16H26N2OS/c17-14-1-2-18(9-14)15(19)10-20-16-6-11-3-12(7-16)5-13(4-11)8-16/h11-14H,1-10,17H2/t11?,12?,13?,14-,16?/m0/s1. The molecule has 1 aliphatic heterocycles. The van der Waals surface area contributed by atoms with Crippen molar-refractivity contribution in [2.24, 2.45) is 23.5 Å². The Bertz CT molecular complexity index is 376. The van der Waals surface area contributed by atoms with Gasteiger partial charge in [0.1, 0.15) is 0 Å². The molecule has 3 nitrogen and oxygen atoms in total. The van der Waals surface area contributed by atoms with Crippen LogP contribution in [-0.4, -0.2) is 40.4 Å². The molecule has 2 N–H and O–H groups in total. The SMILES string of the molecule is N[C@H]1CCN(C(=O)CSC23CC4CC(CC(C4)C2)C3)C1. The molecule has 1 amide bonds. The van der Waals surface area contributed by atoms with Gasteiger partial charge in [-0.3, -0.25) is 4.79 Å². The van der Waals surface area contributed by atoms with Gasteiger partial charge in [-0.25, -0.2) is 0 Å².